The van der Waals surface area contributed by atoms with Gasteiger partial charge in [-0.15, -0.1) is 0 Å². The predicted octanol–water partition coefficient (Wildman–Crippen LogP) is 14.8. The van der Waals surface area contributed by atoms with Crippen molar-refractivity contribution in [1.82, 2.24) is 9.13 Å². The van der Waals surface area contributed by atoms with Crippen LogP contribution in [0.1, 0.15) is 0 Å². The first-order chi connectivity index (χ1) is 28.8. The predicted molar refractivity (Wildman–Crippen MR) is 241 cm³/mol. The summed E-state index contributed by atoms with van der Waals surface area (Å²) in [6.45, 7) is 0. The molecule has 0 saturated heterocycles. The van der Waals surface area contributed by atoms with Crippen LogP contribution in [-0.2, 0) is 0 Å². The van der Waals surface area contributed by atoms with Gasteiger partial charge < -0.3 is 18.8 Å². The Hall–Kier alpha value is -7.82. The molecule has 2 aromatic heterocycles. The number of para-hydroxylation sites is 5. The topological polar surface area (TPSA) is 22.3 Å². The van der Waals surface area contributed by atoms with Gasteiger partial charge in [-0.25, -0.2) is 0 Å². The molecule has 0 fully saturated rings. The van der Waals surface area contributed by atoms with Gasteiger partial charge in [0.05, 0.1) is 27.8 Å². The van der Waals surface area contributed by atoms with Crippen molar-refractivity contribution in [3.8, 4) is 45.1 Å². The smallest absolute Gasteiger partial charge is 0.152 e. The standard InChI is InChI=1S/C54H35N3O/c1-4-14-36(15-5-1)38-26-31-48-45(34-38)46-35-42(55(39-16-6-2-7-17-39)40-18-8-3-9-19-40)29-32-49(46)56(48)41-27-24-37(25-28-41)43-30-33-52-54-53(43)44-20-10-11-21-47(44)57(54)50-22-12-13-23-51(50)58-52/h1-35H. The molecule has 0 spiro atoms. The highest BCUT2D eigenvalue weighted by Crippen LogP contribution is 2.49. The molecule has 0 aliphatic carbocycles. The van der Waals surface area contributed by atoms with E-state index in [0.717, 1.165) is 56.5 Å². The molecule has 1 aliphatic rings. The van der Waals surface area contributed by atoms with Crippen molar-refractivity contribution in [2.45, 2.75) is 0 Å². The summed E-state index contributed by atoms with van der Waals surface area (Å²) in [6, 6.07) is 76.1. The Labute approximate surface area is 335 Å². The summed E-state index contributed by atoms with van der Waals surface area (Å²) in [5, 5.41) is 4.83. The number of benzene rings is 9. The SMILES string of the molecule is c1ccc(-c2ccc3c(c2)c2cc(N(c4ccccc4)c4ccccc4)ccc2n3-c2ccc(-c3ccc4c5c3c3ccccc3n5-c3ccccc3O4)cc2)cc1. The average Bonchev–Trinajstić information content (AvgIpc) is 3.82. The summed E-state index contributed by atoms with van der Waals surface area (Å²) in [7, 11) is 0. The average molecular weight is 742 g/mol. The van der Waals surface area contributed by atoms with Gasteiger partial charge in [0.25, 0.3) is 0 Å². The minimum absolute atomic E-state index is 0.872. The van der Waals surface area contributed by atoms with E-state index in [1.165, 1.54) is 49.3 Å². The van der Waals surface area contributed by atoms with Crippen molar-refractivity contribution < 1.29 is 4.74 Å². The van der Waals surface area contributed by atoms with E-state index >= 15 is 0 Å². The molecule has 0 amide bonds. The first-order valence-electron chi connectivity index (χ1n) is 19.8. The van der Waals surface area contributed by atoms with Crippen molar-refractivity contribution in [1.29, 1.82) is 0 Å². The fourth-order valence-electron chi connectivity index (χ4n) is 9.12. The van der Waals surface area contributed by atoms with Crippen molar-refractivity contribution in [3.63, 3.8) is 0 Å². The summed E-state index contributed by atoms with van der Waals surface area (Å²) in [5.74, 6) is 1.75. The molecule has 4 nitrogen and oxygen atoms in total. The van der Waals surface area contributed by atoms with Crippen LogP contribution in [0.15, 0.2) is 212 Å². The molecule has 0 unspecified atom stereocenters. The maximum atomic E-state index is 6.50. The van der Waals surface area contributed by atoms with Gasteiger partial charge in [0.1, 0.15) is 0 Å². The van der Waals surface area contributed by atoms with Crippen molar-refractivity contribution >= 4 is 60.7 Å². The van der Waals surface area contributed by atoms with E-state index in [2.05, 4.69) is 214 Å². The van der Waals surface area contributed by atoms with Crippen LogP contribution in [-0.4, -0.2) is 9.13 Å². The first-order valence-corrected chi connectivity index (χ1v) is 19.8. The molecule has 3 heterocycles. The van der Waals surface area contributed by atoms with Crippen LogP contribution in [0.4, 0.5) is 17.1 Å². The van der Waals surface area contributed by atoms with Crippen molar-refractivity contribution in [2.24, 2.45) is 0 Å². The van der Waals surface area contributed by atoms with Gasteiger partial charge in [-0.05, 0) is 119 Å². The van der Waals surface area contributed by atoms with Crippen LogP contribution in [0.25, 0.3) is 77.2 Å². The van der Waals surface area contributed by atoms with E-state index in [4.69, 9.17) is 4.74 Å². The zero-order valence-corrected chi connectivity index (χ0v) is 31.5. The van der Waals surface area contributed by atoms with Crippen molar-refractivity contribution in [3.05, 3.63) is 212 Å². The molecule has 1 aliphatic heterocycles. The van der Waals surface area contributed by atoms with E-state index in [1.54, 1.807) is 0 Å². The van der Waals surface area contributed by atoms with E-state index < -0.39 is 0 Å². The third kappa shape index (κ3) is 4.95. The van der Waals surface area contributed by atoms with Crippen molar-refractivity contribution in [2.75, 3.05) is 4.90 Å². The molecule has 272 valence electrons. The Balaban J connectivity index is 1.04. The third-order valence-corrected chi connectivity index (χ3v) is 11.7. The van der Waals surface area contributed by atoms with Crippen LogP contribution in [0.3, 0.4) is 0 Å². The zero-order chi connectivity index (χ0) is 38.2. The second-order valence-electron chi connectivity index (χ2n) is 14.9. The highest BCUT2D eigenvalue weighted by Gasteiger charge is 2.26. The lowest BCUT2D eigenvalue weighted by atomic mass is 9.98. The number of hydrogen-bond acceptors (Lipinski definition) is 2. The van der Waals surface area contributed by atoms with Crippen LogP contribution >= 0.6 is 0 Å². The second-order valence-corrected chi connectivity index (χ2v) is 14.9. The Morgan fingerprint density at radius 1 is 0.362 bits per heavy atom. The van der Waals surface area contributed by atoms with E-state index in [1.807, 2.05) is 12.1 Å². The maximum Gasteiger partial charge on any atom is 0.152 e. The minimum Gasteiger partial charge on any atom is -0.453 e. The lowest BCUT2D eigenvalue weighted by molar-refractivity contribution is 0.476. The Bertz CT molecular complexity index is 3310. The molecule has 11 aromatic rings. The Morgan fingerprint density at radius 2 is 0.966 bits per heavy atom. The van der Waals surface area contributed by atoms with Gasteiger partial charge in [0.15, 0.2) is 11.5 Å². The fourth-order valence-corrected chi connectivity index (χ4v) is 9.12. The summed E-state index contributed by atoms with van der Waals surface area (Å²) in [5.41, 5.74) is 14.9. The summed E-state index contributed by atoms with van der Waals surface area (Å²) in [6.07, 6.45) is 0. The van der Waals surface area contributed by atoms with E-state index in [9.17, 15) is 0 Å². The largest absolute Gasteiger partial charge is 0.453 e. The Kier molecular flexibility index (Phi) is 7.20. The molecule has 0 radical (unpaired) electrons. The molecule has 0 N–H and O–H groups in total. The number of ether oxygens (including phenoxy) is 1. The summed E-state index contributed by atoms with van der Waals surface area (Å²) < 4.78 is 11.3. The van der Waals surface area contributed by atoms with Gasteiger partial charge in [-0.2, -0.15) is 0 Å². The second kappa shape index (κ2) is 12.9. The maximum absolute atomic E-state index is 6.50. The molecular weight excluding hydrogens is 707 g/mol. The highest BCUT2D eigenvalue weighted by atomic mass is 16.5. The van der Waals surface area contributed by atoms with Crippen LogP contribution < -0.4 is 9.64 Å². The normalized spacial score (nSPS) is 11.9. The van der Waals surface area contributed by atoms with Crippen LogP contribution in [0.2, 0.25) is 0 Å². The number of nitrogens with zero attached hydrogens (tertiary/aromatic N) is 3. The van der Waals surface area contributed by atoms with Gasteiger partial charge in [0.2, 0.25) is 0 Å². The van der Waals surface area contributed by atoms with Gasteiger partial charge in [-0.3, -0.25) is 0 Å². The summed E-state index contributed by atoms with van der Waals surface area (Å²) >= 11 is 0. The Morgan fingerprint density at radius 3 is 1.72 bits per heavy atom. The molecule has 9 aromatic carbocycles. The van der Waals surface area contributed by atoms with Crippen LogP contribution in [0.5, 0.6) is 11.5 Å². The molecule has 0 atom stereocenters. The third-order valence-electron chi connectivity index (χ3n) is 11.7. The van der Waals surface area contributed by atoms with Crippen LogP contribution in [0, 0.1) is 0 Å². The van der Waals surface area contributed by atoms with Gasteiger partial charge in [-0.1, -0.05) is 115 Å². The molecule has 4 heteroatoms. The van der Waals surface area contributed by atoms with Gasteiger partial charge in [0, 0.05) is 44.3 Å². The lowest BCUT2D eigenvalue weighted by Gasteiger charge is -2.25. The van der Waals surface area contributed by atoms with E-state index in [-0.39, 0.29) is 0 Å². The number of hydrogen-bond donors (Lipinski definition) is 0. The number of aromatic nitrogens is 2. The monoisotopic (exact) mass is 741 g/mol. The fraction of sp³-hybridized carbons (Fsp3) is 0. The lowest BCUT2D eigenvalue weighted by Crippen LogP contribution is -2.09. The number of rotatable bonds is 6. The number of fused-ring (bicyclic) bond motifs is 8. The highest BCUT2D eigenvalue weighted by molar-refractivity contribution is 6.18. The molecule has 58 heavy (non-hydrogen) atoms. The zero-order valence-electron chi connectivity index (χ0n) is 31.5. The summed E-state index contributed by atoms with van der Waals surface area (Å²) in [4.78, 5) is 2.34. The quantitative estimate of drug-likeness (QED) is 0.169. The minimum atomic E-state index is 0.872. The van der Waals surface area contributed by atoms with Gasteiger partial charge >= 0.3 is 0 Å². The molecule has 0 bridgehead atoms. The molecule has 12 rings (SSSR count). The molecule has 0 saturated carbocycles. The molecular formula is C54H35N3O. The van der Waals surface area contributed by atoms with E-state index in [0.29, 0.717) is 0 Å². The first kappa shape index (κ1) is 32.4. The number of anilines is 3.